The molecule has 0 unspecified atom stereocenters. The van der Waals surface area contributed by atoms with Gasteiger partial charge in [0, 0.05) is 5.69 Å². The van der Waals surface area contributed by atoms with Gasteiger partial charge in [0.1, 0.15) is 0 Å². The zero-order chi connectivity index (χ0) is 13.1. The lowest BCUT2D eigenvalue weighted by molar-refractivity contribution is -0.118. The minimum absolute atomic E-state index is 0.0797. The lowest BCUT2D eigenvalue weighted by Gasteiger charge is -2.21. The van der Waals surface area contributed by atoms with E-state index < -0.39 is 6.04 Å². The molecule has 1 aromatic carbocycles. The molecule has 2 rings (SSSR count). The summed E-state index contributed by atoms with van der Waals surface area (Å²) in [6.45, 7) is 3.93. The van der Waals surface area contributed by atoms with E-state index in [2.05, 4.69) is 11.4 Å². The molecule has 1 aromatic rings. The number of anilines is 1. The first-order valence-corrected chi connectivity index (χ1v) is 6.77. The van der Waals surface area contributed by atoms with Crippen LogP contribution in [0.2, 0.25) is 0 Å². The maximum absolute atomic E-state index is 12.0. The third-order valence-corrected chi connectivity index (χ3v) is 3.67. The van der Waals surface area contributed by atoms with Gasteiger partial charge in [-0.1, -0.05) is 26.0 Å². The molecule has 0 bridgehead atoms. The number of nitrogens with two attached hydrogens (primary N) is 1. The average Bonchev–Trinajstić information content (AvgIpc) is 2.38. The molecule has 1 amide bonds. The molecule has 1 atom stereocenters. The van der Waals surface area contributed by atoms with Crippen molar-refractivity contribution >= 4 is 11.6 Å². The number of carbonyl (C=O) groups excluding carboxylic acids is 1. The van der Waals surface area contributed by atoms with Gasteiger partial charge in [-0.15, -0.1) is 0 Å². The Morgan fingerprint density at radius 1 is 1.28 bits per heavy atom. The lowest BCUT2D eigenvalue weighted by atomic mass is 9.90. The Balaban J connectivity index is 2.17. The average molecular weight is 246 g/mol. The molecule has 1 aliphatic carbocycles. The molecule has 0 aliphatic heterocycles. The van der Waals surface area contributed by atoms with Crippen LogP contribution in [0.1, 0.15) is 37.8 Å². The molecule has 3 heteroatoms. The summed E-state index contributed by atoms with van der Waals surface area (Å²) in [6, 6.07) is 5.71. The predicted molar refractivity (Wildman–Crippen MR) is 74.5 cm³/mol. The van der Waals surface area contributed by atoms with E-state index in [1.807, 2.05) is 26.0 Å². The van der Waals surface area contributed by atoms with Crippen LogP contribution in [0, 0.1) is 5.92 Å². The third kappa shape index (κ3) is 2.72. The predicted octanol–water partition coefficient (Wildman–Crippen LogP) is 2.49. The first-order valence-electron chi connectivity index (χ1n) is 6.77. The van der Waals surface area contributed by atoms with E-state index in [0.29, 0.717) is 0 Å². The molecular weight excluding hydrogens is 224 g/mol. The van der Waals surface area contributed by atoms with Gasteiger partial charge < -0.3 is 11.1 Å². The van der Waals surface area contributed by atoms with E-state index in [1.54, 1.807) is 0 Å². The van der Waals surface area contributed by atoms with Crippen molar-refractivity contribution in [2.75, 3.05) is 5.32 Å². The summed E-state index contributed by atoms with van der Waals surface area (Å²) in [6.07, 6.45) is 4.63. The molecule has 0 saturated heterocycles. The van der Waals surface area contributed by atoms with Gasteiger partial charge in [0.25, 0.3) is 0 Å². The molecule has 0 heterocycles. The fourth-order valence-corrected chi connectivity index (χ4v) is 2.42. The fraction of sp³-hybridized carbons (Fsp3) is 0.533. The molecule has 18 heavy (non-hydrogen) atoms. The van der Waals surface area contributed by atoms with Crippen molar-refractivity contribution < 1.29 is 4.79 Å². The highest BCUT2D eigenvalue weighted by Crippen LogP contribution is 2.27. The summed E-state index contributed by atoms with van der Waals surface area (Å²) in [5.41, 5.74) is 9.50. The normalized spacial score (nSPS) is 16.2. The largest absolute Gasteiger partial charge is 0.324 e. The second kappa shape index (κ2) is 5.53. The van der Waals surface area contributed by atoms with E-state index in [9.17, 15) is 4.79 Å². The Morgan fingerprint density at radius 3 is 2.72 bits per heavy atom. The van der Waals surface area contributed by atoms with Crippen LogP contribution in [0.25, 0.3) is 0 Å². The lowest BCUT2D eigenvalue weighted by Crippen LogP contribution is -2.40. The number of benzene rings is 1. The molecule has 98 valence electrons. The molecule has 0 spiro atoms. The molecule has 0 fully saturated rings. The molecule has 1 aliphatic rings. The van der Waals surface area contributed by atoms with Crippen LogP contribution in [-0.2, 0) is 17.6 Å². The van der Waals surface area contributed by atoms with Crippen molar-refractivity contribution in [3.05, 3.63) is 29.3 Å². The van der Waals surface area contributed by atoms with E-state index in [4.69, 9.17) is 5.73 Å². The number of hydrogen-bond acceptors (Lipinski definition) is 2. The monoisotopic (exact) mass is 246 g/mol. The second-order valence-electron chi connectivity index (χ2n) is 5.41. The number of aryl methyl sites for hydroxylation is 1. The minimum Gasteiger partial charge on any atom is -0.324 e. The van der Waals surface area contributed by atoms with E-state index in [0.717, 1.165) is 18.5 Å². The Kier molecular flexibility index (Phi) is 4.02. The summed E-state index contributed by atoms with van der Waals surface area (Å²) >= 11 is 0. The Labute approximate surface area is 109 Å². The highest BCUT2D eigenvalue weighted by atomic mass is 16.2. The van der Waals surface area contributed by atoms with Gasteiger partial charge in [0.2, 0.25) is 5.91 Å². The van der Waals surface area contributed by atoms with Crippen LogP contribution in [0.4, 0.5) is 5.69 Å². The quantitative estimate of drug-likeness (QED) is 0.861. The standard InChI is InChI=1S/C15H22N2O/c1-10(2)14(16)15(18)17-13-9-5-7-11-6-3-4-8-12(11)13/h5,7,9-10,14H,3-4,6,8,16H2,1-2H3,(H,17,18)/t14-/m1/s1. The number of fused-ring (bicyclic) bond motifs is 1. The molecule has 0 aromatic heterocycles. The first kappa shape index (κ1) is 13.1. The van der Waals surface area contributed by atoms with Gasteiger partial charge in [0.05, 0.1) is 6.04 Å². The molecule has 0 radical (unpaired) electrons. The van der Waals surface area contributed by atoms with Crippen molar-refractivity contribution in [3.8, 4) is 0 Å². The van der Waals surface area contributed by atoms with E-state index in [-0.39, 0.29) is 11.8 Å². The number of nitrogens with one attached hydrogen (secondary N) is 1. The Morgan fingerprint density at radius 2 is 2.00 bits per heavy atom. The minimum atomic E-state index is -0.440. The first-order chi connectivity index (χ1) is 8.59. The smallest absolute Gasteiger partial charge is 0.241 e. The topological polar surface area (TPSA) is 55.1 Å². The summed E-state index contributed by atoms with van der Waals surface area (Å²) in [7, 11) is 0. The maximum atomic E-state index is 12.0. The summed E-state index contributed by atoms with van der Waals surface area (Å²) in [4.78, 5) is 12.0. The molecule has 0 saturated carbocycles. The summed E-state index contributed by atoms with van der Waals surface area (Å²) < 4.78 is 0. The summed E-state index contributed by atoms with van der Waals surface area (Å²) in [5, 5.41) is 2.99. The van der Waals surface area contributed by atoms with Crippen LogP contribution in [-0.4, -0.2) is 11.9 Å². The van der Waals surface area contributed by atoms with Gasteiger partial charge in [-0.3, -0.25) is 4.79 Å². The van der Waals surface area contributed by atoms with Gasteiger partial charge in [-0.05, 0) is 48.8 Å². The van der Waals surface area contributed by atoms with Crippen LogP contribution in [0.15, 0.2) is 18.2 Å². The second-order valence-corrected chi connectivity index (χ2v) is 5.41. The maximum Gasteiger partial charge on any atom is 0.241 e. The molecule has 3 N–H and O–H groups in total. The highest BCUT2D eigenvalue weighted by molar-refractivity contribution is 5.95. The number of amides is 1. The number of rotatable bonds is 3. The Hall–Kier alpha value is -1.35. The van der Waals surface area contributed by atoms with Gasteiger partial charge >= 0.3 is 0 Å². The van der Waals surface area contributed by atoms with E-state index >= 15 is 0 Å². The van der Waals surface area contributed by atoms with Crippen molar-refractivity contribution in [1.82, 2.24) is 0 Å². The van der Waals surface area contributed by atoms with Crippen LogP contribution in [0.5, 0.6) is 0 Å². The SMILES string of the molecule is CC(C)[C@@H](N)C(=O)Nc1cccc2c1CCCC2. The zero-order valence-electron chi connectivity index (χ0n) is 11.2. The van der Waals surface area contributed by atoms with Crippen LogP contribution in [0.3, 0.4) is 0 Å². The number of carbonyl (C=O) groups is 1. The zero-order valence-corrected chi connectivity index (χ0v) is 11.2. The van der Waals surface area contributed by atoms with Crippen LogP contribution >= 0.6 is 0 Å². The van der Waals surface area contributed by atoms with Crippen LogP contribution < -0.4 is 11.1 Å². The van der Waals surface area contributed by atoms with Crippen molar-refractivity contribution in [3.63, 3.8) is 0 Å². The van der Waals surface area contributed by atoms with Crippen molar-refractivity contribution in [1.29, 1.82) is 0 Å². The molecule has 3 nitrogen and oxygen atoms in total. The van der Waals surface area contributed by atoms with Gasteiger partial charge in [-0.2, -0.15) is 0 Å². The highest BCUT2D eigenvalue weighted by Gasteiger charge is 2.19. The summed E-state index contributed by atoms with van der Waals surface area (Å²) in [5.74, 6) is 0.0773. The fourth-order valence-electron chi connectivity index (χ4n) is 2.42. The number of hydrogen-bond donors (Lipinski definition) is 2. The van der Waals surface area contributed by atoms with Crippen molar-refractivity contribution in [2.24, 2.45) is 11.7 Å². The third-order valence-electron chi connectivity index (χ3n) is 3.67. The Bertz CT molecular complexity index is 440. The molecular formula is C15H22N2O. The van der Waals surface area contributed by atoms with Crippen molar-refractivity contribution in [2.45, 2.75) is 45.6 Å². The van der Waals surface area contributed by atoms with Gasteiger partial charge in [0.15, 0.2) is 0 Å². The van der Waals surface area contributed by atoms with E-state index in [1.165, 1.54) is 24.0 Å². The van der Waals surface area contributed by atoms with Gasteiger partial charge in [-0.25, -0.2) is 0 Å².